The first-order chi connectivity index (χ1) is 21.1. The number of Topliss-reactive ketones (excluding diaryl/α,β-unsaturated/α-hetero) is 4. The molecule has 0 atom stereocenters. The molecule has 0 heterocycles. The predicted octanol–water partition coefficient (Wildman–Crippen LogP) is 6.05. The van der Waals surface area contributed by atoms with E-state index in [2.05, 4.69) is 0 Å². The molecule has 2 aromatic carbocycles. The Balaban J connectivity index is 1.74. The van der Waals surface area contributed by atoms with Gasteiger partial charge in [-0.3, -0.25) is 28.8 Å². The molecule has 3 N–H and O–H groups in total. The van der Waals surface area contributed by atoms with Gasteiger partial charge in [-0.15, -0.1) is 0 Å². The van der Waals surface area contributed by atoms with E-state index in [0.717, 1.165) is 18.9 Å². The van der Waals surface area contributed by atoms with Gasteiger partial charge in [0.1, 0.15) is 0 Å². The largest absolute Gasteiger partial charge is 0.504 e. The average molecular weight is 615 g/mol. The standard InChI is InChI=1S/C35H34O10/c1-13(2)21-25-18(11-20(32(21)41)45-35(44)17-9-7-8-10-17)30(39)23(15(5)28(25)37)24-16(6)29(38)27-22(14(3)4)34(43)31(40)19(12-36)26(27)33(24)42/h11-14,17,40-41,43H,7-10H2,1-6H3. The van der Waals surface area contributed by atoms with Crippen molar-refractivity contribution in [3.63, 3.8) is 0 Å². The summed E-state index contributed by atoms with van der Waals surface area (Å²) in [4.78, 5) is 81.4. The maximum Gasteiger partial charge on any atom is 0.314 e. The van der Waals surface area contributed by atoms with Crippen molar-refractivity contribution in [2.45, 2.75) is 79.1 Å². The van der Waals surface area contributed by atoms with E-state index in [9.17, 15) is 44.1 Å². The van der Waals surface area contributed by atoms with Crippen LogP contribution in [0.15, 0.2) is 28.4 Å². The Morgan fingerprint density at radius 3 is 1.80 bits per heavy atom. The van der Waals surface area contributed by atoms with Crippen molar-refractivity contribution in [2.24, 2.45) is 5.92 Å². The number of ether oxygens (including phenoxy) is 1. The number of aromatic hydroxyl groups is 3. The molecule has 0 aromatic heterocycles. The minimum absolute atomic E-state index is 0.0299. The van der Waals surface area contributed by atoms with Crippen LogP contribution in [-0.2, 0) is 4.79 Å². The Labute approximate surface area is 259 Å². The molecule has 0 unspecified atom stereocenters. The normalized spacial score (nSPS) is 17.1. The number of benzene rings is 2. The summed E-state index contributed by atoms with van der Waals surface area (Å²) in [6.07, 6.45) is 3.13. The van der Waals surface area contributed by atoms with E-state index in [1.165, 1.54) is 13.8 Å². The molecule has 0 spiro atoms. The van der Waals surface area contributed by atoms with Gasteiger partial charge in [-0.25, -0.2) is 0 Å². The van der Waals surface area contributed by atoms with Gasteiger partial charge >= 0.3 is 5.97 Å². The molecule has 3 aliphatic rings. The lowest BCUT2D eigenvalue weighted by atomic mass is 9.71. The molecule has 0 amide bonds. The molecule has 0 saturated heterocycles. The summed E-state index contributed by atoms with van der Waals surface area (Å²) in [7, 11) is 0. The van der Waals surface area contributed by atoms with E-state index >= 15 is 0 Å². The lowest BCUT2D eigenvalue weighted by molar-refractivity contribution is -0.138. The first kappa shape index (κ1) is 31.6. The van der Waals surface area contributed by atoms with Gasteiger partial charge in [0.25, 0.3) is 0 Å². The fourth-order valence-corrected chi connectivity index (χ4v) is 6.80. The highest BCUT2D eigenvalue weighted by atomic mass is 16.5. The molecule has 2 aromatic rings. The number of carbonyl (C=O) groups is 6. The van der Waals surface area contributed by atoms with E-state index in [-0.39, 0.29) is 62.5 Å². The molecule has 0 bridgehead atoms. The zero-order valence-corrected chi connectivity index (χ0v) is 25.9. The van der Waals surface area contributed by atoms with Crippen LogP contribution in [0.1, 0.15) is 142 Å². The van der Waals surface area contributed by atoms with E-state index in [1.807, 2.05) is 0 Å². The summed E-state index contributed by atoms with van der Waals surface area (Å²) in [6.45, 7) is 9.31. The Morgan fingerprint density at radius 2 is 1.27 bits per heavy atom. The van der Waals surface area contributed by atoms with Crippen LogP contribution in [0.3, 0.4) is 0 Å². The Morgan fingerprint density at radius 1 is 0.756 bits per heavy atom. The van der Waals surface area contributed by atoms with Crippen LogP contribution >= 0.6 is 0 Å². The van der Waals surface area contributed by atoms with E-state index in [0.29, 0.717) is 12.8 Å². The van der Waals surface area contributed by atoms with Crippen LogP contribution in [0.2, 0.25) is 0 Å². The quantitative estimate of drug-likeness (QED) is 0.150. The third-order valence-corrected chi connectivity index (χ3v) is 9.06. The monoisotopic (exact) mass is 614 g/mol. The van der Waals surface area contributed by atoms with Crippen molar-refractivity contribution in [1.29, 1.82) is 0 Å². The molecule has 3 aliphatic carbocycles. The van der Waals surface area contributed by atoms with Crippen molar-refractivity contribution >= 4 is 35.4 Å². The van der Waals surface area contributed by atoms with Gasteiger partial charge in [-0.2, -0.15) is 0 Å². The summed E-state index contributed by atoms with van der Waals surface area (Å²) in [6, 6.07) is 1.12. The molecule has 234 valence electrons. The number of fused-ring (bicyclic) bond motifs is 2. The molecule has 10 heteroatoms. The number of aldehydes is 1. The summed E-state index contributed by atoms with van der Waals surface area (Å²) in [5.74, 6) is -7.46. The number of hydrogen-bond donors (Lipinski definition) is 3. The highest BCUT2D eigenvalue weighted by molar-refractivity contribution is 6.38. The summed E-state index contributed by atoms with van der Waals surface area (Å²) >= 11 is 0. The number of hydrogen-bond acceptors (Lipinski definition) is 10. The minimum Gasteiger partial charge on any atom is -0.504 e. The lowest BCUT2D eigenvalue weighted by Gasteiger charge is -2.29. The fraction of sp³-hybridized carbons (Fsp3) is 0.371. The van der Waals surface area contributed by atoms with Crippen molar-refractivity contribution in [3.8, 4) is 23.0 Å². The molecule has 0 aliphatic heterocycles. The fourth-order valence-electron chi connectivity index (χ4n) is 6.80. The summed E-state index contributed by atoms with van der Waals surface area (Å²) in [5.41, 5.74) is -2.72. The minimum atomic E-state index is -0.948. The van der Waals surface area contributed by atoms with E-state index < -0.39 is 74.9 Å². The predicted molar refractivity (Wildman–Crippen MR) is 162 cm³/mol. The van der Waals surface area contributed by atoms with Gasteiger partial charge in [0, 0.05) is 55.7 Å². The molecule has 1 saturated carbocycles. The van der Waals surface area contributed by atoms with Crippen molar-refractivity contribution in [1.82, 2.24) is 0 Å². The Hall–Kier alpha value is -4.86. The van der Waals surface area contributed by atoms with Crippen molar-refractivity contribution < 1.29 is 48.8 Å². The SMILES string of the molecule is CC1=C(C2=C(C)C(=O)c3c(c(C=O)c(O)c(O)c3C(C)C)C2=O)C(=O)c2cc(OC(=O)C3CCCC3)c(O)c(C(C)C)c2C1=O. The zero-order valence-electron chi connectivity index (χ0n) is 25.9. The Bertz CT molecular complexity index is 1830. The first-order valence-electron chi connectivity index (χ1n) is 14.9. The number of rotatable bonds is 6. The molecule has 45 heavy (non-hydrogen) atoms. The third kappa shape index (κ3) is 4.62. The highest BCUT2D eigenvalue weighted by Gasteiger charge is 2.44. The number of carbonyl (C=O) groups excluding carboxylic acids is 6. The van der Waals surface area contributed by atoms with Gasteiger partial charge in [0.15, 0.2) is 52.4 Å². The second-order valence-electron chi connectivity index (χ2n) is 12.5. The molecule has 5 rings (SSSR count). The molecular weight excluding hydrogens is 580 g/mol. The maximum atomic E-state index is 14.3. The van der Waals surface area contributed by atoms with Crippen LogP contribution < -0.4 is 4.74 Å². The highest BCUT2D eigenvalue weighted by Crippen LogP contribution is 2.49. The van der Waals surface area contributed by atoms with Gasteiger partial charge in [0.2, 0.25) is 0 Å². The summed E-state index contributed by atoms with van der Waals surface area (Å²) < 4.78 is 5.58. The first-order valence-corrected chi connectivity index (χ1v) is 14.9. The number of phenolic OH excluding ortho intramolecular Hbond substituents is 3. The van der Waals surface area contributed by atoms with Gasteiger partial charge in [-0.1, -0.05) is 40.5 Å². The van der Waals surface area contributed by atoms with Crippen molar-refractivity contribution in [2.75, 3.05) is 0 Å². The third-order valence-electron chi connectivity index (χ3n) is 9.06. The van der Waals surface area contributed by atoms with Crippen LogP contribution in [0, 0.1) is 5.92 Å². The second-order valence-corrected chi connectivity index (χ2v) is 12.5. The van der Waals surface area contributed by atoms with Gasteiger partial charge in [-0.05, 0) is 44.6 Å². The summed E-state index contributed by atoms with van der Waals surface area (Å²) in [5, 5.41) is 32.5. The van der Waals surface area contributed by atoms with E-state index in [4.69, 9.17) is 4.74 Å². The van der Waals surface area contributed by atoms with Crippen LogP contribution in [0.25, 0.3) is 0 Å². The lowest BCUT2D eigenvalue weighted by Crippen LogP contribution is -2.31. The topological polar surface area (TPSA) is 172 Å². The molecular formula is C35H34O10. The zero-order chi connectivity index (χ0) is 33.2. The van der Waals surface area contributed by atoms with E-state index in [1.54, 1.807) is 27.7 Å². The molecule has 10 nitrogen and oxygen atoms in total. The van der Waals surface area contributed by atoms with Crippen molar-refractivity contribution in [3.05, 3.63) is 67.3 Å². The smallest absolute Gasteiger partial charge is 0.314 e. The van der Waals surface area contributed by atoms with Crippen LogP contribution in [-0.4, -0.2) is 50.7 Å². The number of phenols is 3. The average Bonchev–Trinajstić information content (AvgIpc) is 3.53. The number of ketones is 4. The maximum absolute atomic E-state index is 14.3. The molecule has 0 radical (unpaired) electrons. The second kappa shape index (κ2) is 11.3. The Kier molecular flexibility index (Phi) is 7.89. The number of allylic oxidation sites excluding steroid dienone is 4. The number of esters is 1. The van der Waals surface area contributed by atoms with Gasteiger partial charge < -0.3 is 20.1 Å². The van der Waals surface area contributed by atoms with Crippen LogP contribution in [0.4, 0.5) is 0 Å². The van der Waals surface area contributed by atoms with Crippen LogP contribution in [0.5, 0.6) is 23.0 Å². The molecule has 1 fully saturated rings. The van der Waals surface area contributed by atoms with Gasteiger partial charge in [0.05, 0.1) is 11.5 Å².